The zero-order chi connectivity index (χ0) is 9.71. The number of benzene rings is 1. The first-order chi connectivity index (χ1) is 6.77. The molecule has 0 fully saturated rings. The number of pyridine rings is 1. The van der Waals surface area contributed by atoms with Crippen LogP contribution in [0.4, 0.5) is 5.82 Å². The molecule has 0 unspecified atom stereocenters. The number of carbonyl (C=O) groups excluding carboxylic acids is 1. The van der Waals surface area contributed by atoms with Crippen molar-refractivity contribution in [1.82, 2.24) is 4.98 Å². The molecule has 1 aliphatic rings. The van der Waals surface area contributed by atoms with E-state index >= 15 is 0 Å². The Bertz CT molecular complexity index is 565. The van der Waals surface area contributed by atoms with Crippen LogP contribution in [-0.2, 0) is 0 Å². The van der Waals surface area contributed by atoms with E-state index in [0.717, 1.165) is 15.2 Å². The molecule has 14 heavy (non-hydrogen) atoms. The minimum atomic E-state index is -0.0730. The molecule has 0 atom stereocenters. The molecule has 1 N–H and O–H groups in total. The molecule has 1 aromatic heterocycles. The van der Waals surface area contributed by atoms with Crippen molar-refractivity contribution in [3.05, 3.63) is 34.4 Å². The third-order valence-corrected chi connectivity index (χ3v) is 2.97. The first-order valence-corrected chi connectivity index (χ1v) is 4.95. The zero-order valence-corrected chi connectivity index (χ0v) is 8.63. The highest BCUT2D eigenvalue weighted by Gasteiger charge is 2.22. The van der Waals surface area contributed by atoms with E-state index in [1.54, 1.807) is 6.20 Å². The summed E-state index contributed by atoms with van der Waals surface area (Å²) < 4.78 is 0.912. The molecule has 68 valence electrons. The Hall–Kier alpha value is -1.42. The van der Waals surface area contributed by atoms with Crippen LogP contribution in [-0.4, -0.2) is 10.9 Å². The van der Waals surface area contributed by atoms with Crippen LogP contribution in [0.1, 0.15) is 10.4 Å². The van der Waals surface area contributed by atoms with Gasteiger partial charge in [0.15, 0.2) is 0 Å². The maximum atomic E-state index is 11.5. The van der Waals surface area contributed by atoms with Gasteiger partial charge in [-0.3, -0.25) is 4.79 Å². The van der Waals surface area contributed by atoms with E-state index in [0.29, 0.717) is 11.4 Å². The molecular weight excluding hydrogens is 244 g/mol. The number of rotatable bonds is 0. The van der Waals surface area contributed by atoms with Gasteiger partial charge in [-0.05, 0) is 22.0 Å². The van der Waals surface area contributed by atoms with Crippen molar-refractivity contribution in [2.24, 2.45) is 0 Å². The summed E-state index contributed by atoms with van der Waals surface area (Å²) >= 11 is 3.41. The van der Waals surface area contributed by atoms with E-state index < -0.39 is 0 Å². The highest BCUT2D eigenvalue weighted by atomic mass is 79.9. The number of amides is 1. The number of nitrogens with one attached hydrogen (secondary N) is 1. The predicted molar refractivity (Wildman–Crippen MR) is 57.4 cm³/mol. The minimum absolute atomic E-state index is 0.0730. The second-order valence-corrected chi connectivity index (χ2v) is 3.99. The van der Waals surface area contributed by atoms with Gasteiger partial charge in [-0.2, -0.15) is 0 Å². The fourth-order valence-electron chi connectivity index (χ4n) is 1.72. The molecule has 2 heterocycles. The Morgan fingerprint density at radius 3 is 3.07 bits per heavy atom. The van der Waals surface area contributed by atoms with Gasteiger partial charge in [0.2, 0.25) is 0 Å². The van der Waals surface area contributed by atoms with Gasteiger partial charge in [0.1, 0.15) is 5.82 Å². The normalized spacial score (nSPS) is 13.4. The number of anilines is 1. The lowest BCUT2D eigenvalue weighted by molar-refractivity contribution is 0.103. The Balaban J connectivity index is 2.58. The third kappa shape index (κ3) is 0.861. The van der Waals surface area contributed by atoms with Crippen LogP contribution in [0.15, 0.2) is 28.9 Å². The number of nitrogens with zero attached hydrogens (tertiary/aromatic N) is 1. The summed E-state index contributed by atoms with van der Waals surface area (Å²) in [6.07, 6.45) is 1.70. The maximum Gasteiger partial charge on any atom is 0.257 e. The van der Waals surface area contributed by atoms with E-state index in [1.807, 2.05) is 18.2 Å². The van der Waals surface area contributed by atoms with E-state index in [1.165, 1.54) is 0 Å². The largest absolute Gasteiger partial charge is 0.306 e. The summed E-state index contributed by atoms with van der Waals surface area (Å²) in [6.45, 7) is 0. The summed E-state index contributed by atoms with van der Waals surface area (Å²) in [5.41, 5.74) is 0.700. The standard InChI is InChI=1S/C10H5BrN2O/c11-7-4-12-9-8-5(7)2-1-3-6(8)10(14)13-9/h1-4H,(H,12,13,14). The molecule has 0 saturated carbocycles. The Morgan fingerprint density at radius 1 is 1.36 bits per heavy atom. The van der Waals surface area contributed by atoms with Crippen LogP contribution in [0.2, 0.25) is 0 Å². The van der Waals surface area contributed by atoms with Crippen LogP contribution in [0, 0.1) is 0 Å². The number of hydrogen-bond acceptors (Lipinski definition) is 2. The summed E-state index contributed by atoms with van der Waals surface area (Å²) in [6, 6.07) is 5.65. The minimum Gasteiger partial charge on any atom is -0.306 e. The SMILES string of the molecule is O=C1Nc2ncc(Br)c3cccc1c23. The van der Waals surface area contributed by atoms with E-state index in [9.17, 15) is 4.79 Å². The number of aromatic nitrogens is 1. The van der Waals surface area contributed by atoms with Gasteiger partial charge < -0.3 is 5.32 Å². The maximum absolute atomic E-state index is 11.5. The van der Waals surface area contributed by atoms with Gasteiger partial charge in [0.05, 0.1) is 5.56 Å². The van der Waals surface area contributed by atoms with Gasteiger partial charge >= 0.3 is 0 Å². The van der Waals surface area contributed by atoms with Crippen molar-refractivity contribution in [2.75, 3.05) is 5.32 Å². The summed E-state index contributed by atoms with van der Waals surface area (Å²) in [5.74, 6) is 0.583. The average molecular weight is 249 g/mol. The lowest BCUT2D eigenvalue weighted by atomic mass is 10.1. The van der Waals surface area contributed by atoms with Crippen molar-refractivity contribution in [3.63, 3.8) is 0 Å². The van der Waals surface area contributed by atoms with Crippen molar-refractivity contribution in [2.45, 2.75) is 0 Å². The van der Waals surface area contributed by atoms with Crippen molar-refractivity contribution < 1.29 is 4.79 Å². The van der Waals surface area contributed by atoms with Gasteiger partial charge in [-0.15, -0.1) is 0 Å². The molecular formula is C10H5BrN2O. The van der Waals surface area contributed by atoms with E-state index in [-0.39, 0.29) is 5.91 Å². The molecule has 1 aromatic carbocycles. The van der Waals surface area contributed by atoms with Gasteiger partial charge in [0, 0.05) is 21.4 Å². The lowest BCUT2D eigenvalue weighted by Gasteiger charge is -2.00. The summed E-state index contributed by atoms with van der Waals surface area (Å²) in [5, 5.41) is 4.66. The van der Waals surface area contributed by atoms with Crippen molar-refractivity contribution >= 4 is 38.4 Å². The lowest BCUT2D eigenvalue weighted by Crippen LogP contribution is -2.04. The monoisotopic (exact) mass is 248 g/mol. The van der Waals surface area contributed by atoms with Crippen molar-refractivity contribution in [1.29, 1.82) is 0 Å². The van der Waals surface area contributed by atoms with Gasteiger partial charge in [-0.1, -0.05) is 12.1 Å². The average Bonchev–Trinajstić information content (AvgIpc) is 2.52. The van der Waals surface area contributed by atoms with E-state index in [2.05, 4.69) is 26.2 Å². The first-order valence-electron chi connectivity index (χ1n) is 4.16. The van der Waals surface area contributed by atoms with Crippen LogP contribution in [0.3, 0.4) is 0 Å². The smallest absolute Gasteiger partial charge is 0.257 e. The molecule has 1 aliphatic heterocycles. The molecule has 0 radical (unpaired) electrons. The molecule has 0 spiro atoms. The van der Waals surface area contributed by atoms with Crippen LogP contribution >= 0.6 is 15.9 Å². The number of carbonyl (C=O) groups is 1. The van der Waals surface area contributed by atoms with Crippen LogP contribution in [0.5, 0.6) is 0 Å². The van der Waals surface area contributed by atoms with Crippen LogP contribution < -0.4 is 5.32 Å². The molecule has 0 saturated heterocycles. The van der Waals surface area contributed by atoms with Crippen molar-refractivity contribution in [3.8, 4) is 0 Å². The topological polar surface area (TPSA) is 42.0 Å². The van der Waals surface area contributed by atoms with Gasteiger partial charge in [0.25, 0.3) is 5.91 Å². The number of halogens is 1. The first kappa shape index (κ1) is 7.94. The Morgan fingerprint density at radius 2 is 2.21 bits per heavy atom. The predicted octanol–water partition coefficient (Wildman–Crippen LogP) is 2.56. The van der Waals surface area contributed by atoms with Crippen LogP contribution in [0.25, 0.3) is 10.8 Å². The fourth-order valence-corrected chi connectivity index (χ4v) is 2.15. The Labute approximate surface area is 88.3 Å². The molecule has 2 aromatic rings. The summed E-state index contributed by atoms with van der Waals surface area (Å²) in [7, 11) is 0. The second-order valence-electron chi connectivity index (χ2n) is 3.14. The molecule has 1 amide bonds. The number of hydrogen-bond donors (Lipinski definition) is 1. The van der Waals surface area contributed by atoms with E-state index in [4.69, 9.17) is 0 Å². The molecule has 0 aliphatic carbocycles. The third-order valence-electron chi connectivity index (χ3n) is 2.34. The molecule has 0 bridgehead atoms. The zero-order valence-electron chi connectivity index (χ0n) is 7.04. The highest BCUT2D eigenvalue weighted by Crippen LogP contribution is 2.34. The highest BCUT2D eigenvalue weighted by molar-refractivity contribution is 9.10. The fraction of sp³-hybridized carbons (Fsp3) is 0. The van der Waals surface area contributed by atoms with Gasteiger partial charge in [-0.25, -0.2) is 4.98 Å². The summed E-state index contributed by atoms with van der Waals surface area (Å²) in [4.78, 5) is 15.6. The molecule has 3 rings (SSSR count). The molecule has 4 heteroatoms. The quantitative estimate of drug-likeness (QED) is 0.779. The Kier molecular flexibility index (Phi) is 1.44. The second kappa shape index (κ2) is 2.54. The molecule has 3 nitrogen and oxygen atoms in total.